The maximum atomic E-state index is 7.23. The first-order valence-corrected chi connectivity index (χ1v) is 21.5. The van der Waals surface area contributed by atoms with Gasteiger partial charge in [-0.15, -0.1) is 11.3 Å². The average Bonchev–Trinajstić information content (AvgIpc) is 4.05. The van der Waals surface area contributed by atoms with E-state index in [4.69, 9.17) is 26.0 Å². The van der Waals surface area contributed by atoms with Gasteiger partial charge in [0.15, 0.2) is 11.0 Å². The van der Waals surface area contributed by atoms with Gasteiger partial charge in [0.2, 0.25) is 5.71 Å². The number of nitrogens with zero attached hydrogens (tertiary/aromatic N) is 4. The van der Waals surface area contributed by atoms with Gasteiger partial charge in [0.05, 0.1) is 26.8 Å². The molecule has 0 aliphatic heterocycles. The van der Waals surface area contributed by atoms with Crippen molar-refractivity contribution in [2.75, 3.05) is 0 Å². The molecular formula is C54H29ClN4OS. The van der Waals surface area contributed by atoms with Crippen LogP contribution >= 0.6 is 22.9 Å². The summed E-state index contributed by atoms with van der Waals surface area (Å²) in [4.78, 5) is 10.2. The van der Waals surface area contributed by atoms with Gasteiger partial charge in [0.25, 0.3) is 0 Å². The Hall–Kier alpha value is -7.51. The SMILES string of the molecule is Clc1nc2oc3ccccc3c2nc1-n1c2ccccc2c2c3cc(-c4ccc5c6ccccc6n(-c6ccccc6)c5c4)ccc3c3c4cc5ccccc5cc4sc3c21. The molecule has 0 saturated carbocycles. The molecule has 14 rings (SSSR count). The summed E-state index contributed by atoms with van der Waals surface area (Å²) in [6.45, 7) is 0. The quantitative estimate of drug-likeness (QED) is 0.178. The van der Waals surface area contributed by atoms with Gasteiger partial charge in [-0.3, -0.25) is 4.57 Å². The smallest absolute Gasteiger partial charge is 0.247 e. The Morgan fingerprint density at radius 2 is 1.13 bits per heavy atom. The average molecular weight is 817 g/mol. The fourth-order valence-corrected chi connectivity index (χ4v) is 11.4. The fourth-order valence-electron chi connectivity index (χ4n) is 9.95. The van der Waals surface area contributed by atoms with Crippen LogP contribution < -0.4 is 0 Å². The maximum Gasteiger partial charge on any atom is 0.247 e. The molecule has 61 heavy (non-hydrogen) atoms. The molecular weight excluding hydrogens is 788 g/mol. The summed E-state index contributed by atoms with van der Waals surface area (Å²) in [6, 6.07) is 63.2. The van der Waals surface area contributed by atoms with Crippen molar-refractivity contribution < 1.29 is 4.42 Å². The molecule has 0 saturated heterocycles. The Kier molecular flexibility index (Phi) is 6.71. The molecule has 7 heteroatoms. The van der Waals surface area contributed by atoms with E-state index < -0.39 is 0 Å². The lowest BCUT2D eigenvalue weighted by molar-refractivity contribution is 0.652. The summed E-state index contributed by atoms with van der Waals surface area (Å²) in [5.41, 5.74) is 9.72. The number of thiophene rings is 1. The number of rotatable bonds is 3. The molecule has 284 valence electrons. The van der Waals surface area contributed by atoms with E-state index in [2.05, 4.69) is 161 Å². The molecule has 0 spiro atoms. The number of halogens is 1. The van der Waals surface area contributed by atoms with Gasteiger partial charge in [-0.1, -0.05) is 127 Å². The zero-order valence-corrected chi connectivity index (χ0v) is 33.8. The van der Waals surface area contributed by atoms with E-state index in [9.17, 15) is 0 Å². The second-order valence-electron chi connectivity index (χ2n) is 15.8. The van der Waals surface area contributed by atoms with E-state index in [0.717, 1.165) is 49.6 Å². The van der Waals surface area contributed by atoms with E-state index in [1.807, 2.05) is 35.6 Å². The highest BCUT2D eigenvalue weighted by molar-refractivity contribution is 7.27. The van der Waals surface area contributed by atoms with Gasteiger partial charge in [-0.25, -0.2) is 4.98 Å². The van der Waals surface area contributed by atoms with E-state index in [1.54, 1.807) is 0 Å². The Morgan fingerprint density at radius 1 is 0.475 bits per heavy atom. The molecule has 0 radical (unpaired) electrons. The molecule has 0 amide bonds. The molecule has 9 aromatic carbocycles. The predicted molar refractivity (Wildman–Crippen MR) is 256 cm³/mol. The van der Waals surface area contributed by atoms with Crippen molar-refractivity contribution in [2.45, 2.75) is 0 Å². The van der Waals surface area contributed by atoms with Crippen LogP contribution in [0.4, 0.5) is 0 Å². The van der Waals surface area contributed by atoms with Crippen molar-refractivity contribution in [1.29, 1.82) is 0 Å². The fraction of sp³-hybridized carbons (Fsp3) is 0. The van der Waals surface area contributed by atoms with Crippen LogP contribution in [-0.2, 0) is 0 Å². The molecule has 14 aromatic rings. The minimum Gasteiger partial charge on any atom is -0.436 e. The van der Waals surface area contributed by atoms with E-state index >= 15 is 0 Å². The third-order valence-electron chi connectivity index (χ3n) is 12.6. The van der Waals surface area contributed by atoms with Crippen molar-refractivity contribution in [3.05, 3.63) is 181 Å². The van der Waals surface area contributed by atoms with Gasteiger partial charge >= 0.3 is 0 Å². The number of fused-ring (bicyclic) bond motifs is 17. The Labute approximate surface area is 355 Å². The van der Waals surface area contributed by atoms with Crippen molar-refractivity contribution in [3.8, 4) is 22.6 Å². The topological polar surface area (TPSA) is 48.8 Å². The third-order valence-corrected chi connectivity index (χ3v) is 14.0. The first-order chi connectivity index (χ1) is 30.2. The standard InChI is InChI=1S/C54H29ClN4OS/c55-52-53(56-49-39-18-8-11-21-45(39)60-54(49)57-52)59-43-20-10-7-17-38(43)47-40-26-32(23-25-37(40)48-41-27-30-12-4-5-13-31(30)29-46(41)61-51(48)50(47)59)33-22-24-36-35-16-6-9-19-42(35)58(44(36)28-33)34-14-2-1-3-15-34/h1-29H. The van der Waals surface area contributed by atoms with Crippen LogP contribution in [0.5, 0.6) is 0 Å². The summed E-state index contributed by atoms with van der Waals surface area (Å²) in [5.74, 6) is 0.575. The highest BCUT2D eigenvalue weighted by Crippen LogP contribution is 2.50. The van der Waals surface area contributed by atoms with Crippen LogP contribution in [0.1, 0.15) is 0 Å². The summed E-state index contributed by atoms with van der Waals surface area (Å²) in [5, 5.41) is 13.2. The van der Waals surface area contributed by atoms with Crippen molar-refractivity contribution in [2.24, 2.45) is 0 Å². The van der Waals surface area contributed by atoms with Gasteiger partial charge in [-0.2, -0.15) is 4.98 Å². The van der Waals surface area contributed by atoms with E-state index in [-0.39, 0.29) is 5.15 Å². The summed E-state index contributed by atoms with van der Waals surface area (Å²) < 4.78 is 13.2. The van der Waals surface area contributed by atoms with Crippen molar-refractivity contribution in [3.63, 3.8) is 0 Å². The predicted octanol–water partition coefficient (Wildman–Crippen LogP) is 15.6. The van der Waals surface area contributed by atoms with Crippen LogP contribution in [-0.4, -0.2) is 19.1 Å². The van der Waals surface area contributed by atoms with Gasteiger partial charge < -0.3 is 8.98 Å². The van der Waals surface area contributed by atoms with Crippen LogP contribution in [0, 0.1) is 0 Å². The monoisotopic (exact) mass is 816 g/mol. The minimum atomic E-state index is 0.283. The molecule has 5 nitrogen and oxygen atoms in total. The summed E-state index contributed by atoms with van der Waals surface area (Å²) in [6.07, 6.45) is 0. The van der Waals surface area contributed by atoms with E-state index in [1.165, 1.54) is 63.5 Å². The first-order valence-electron chi connectivity index (χ1n) is 20.3. The Bertz CT molecular complexity index is 4190. The molecule has 0 atom stereocenters. The lowest BCUT2D eigenvalue weighted by Gasteiger charge is -2.12. The normalized spacial score (nSPS) is 12.3. The van der Waals surface area contributed by atoms with Gasteiger partial charge in [0.1, 0.15) is 11.1 Å². The summed E-state index contributed by atoms with van der Waals surface area (Å²) in [7, 11) is 0. The molecule has 0 fully saturated rings. The van der Waals surface area contributed by atoms with E-state index in [0.29, 0.717) is 17.0 Å². The number of furan rings is 1. The second-order valence-corrected chi connectivity index (χ2v) is 17.3. The molecule has 0 N–H and O–H groups in total. The molecule has 0 aliphatic rings. The molecule has 0 unspecified atom stereocenters. The van der Waals surface area contributed by atoms with Crippen LogP contribution in [0.2, 0.25) is 5.15 Å². The lowest BCUT2D eigenvalue weighted by atomic mass is 9.94. The highest BCUT2D eigenvalue weighted by Gasteiger charge is 2.26. The number of benzene rings is 9. The second kappa shape index (κ2) is 12.3. The van der Waals surface area contributed by atoms with Crippen LogP contribution in [0.25, 0.3) is 130 Å². The number of aromatic nitrogens is 4. The number of hydrogen-bond donors (Lipinski definition) is 0. The Morgan fingerprint density at radius 3 is 1.97 bits per heavy atom. The van der Waals surface area contributed by atoms with Crippen molar-refractivity contribution in [1.82, 2.24) is 19.1 Å². The van der Waals surface area contributed by atoms with Gasteiger partial charge in [-0.05, 0) is 93.3 Å². The largest absolute Gasteiger partial charge is 0.436 e. The number of para-hydroxylation sites is 4. The van der Waals surface area contributed by atoms with Gasteiger partial charge in [0, 0.05) is 48.1 Å². The van der Waals surface area contributed by atoms with Crippen LogP contribution in [0.15, 0.2) is 180 Å². The van der Waals surface area contributed by atoms with Crippen molar-refractivity contribution >= 4 is 130 Å². The zero-order chi connectivity index (χ0) is 39.9. The summed E-state index contributed by atoms with van der Waals surface area (Å²) >= 11 is 9.06. The minimum absolute atomic E-state index is 0.283. The molecule has 0 aliphatic carbocycles. The maximum absolute atomic E-state index is 7.23. The molecule has 5 aromatic heterocycles. The molecule has 0 bridgehead atoms. The lowest BCUT2D eigenvalue weighted by Crippen LogP contribution is -2.00. The Balaban J connectivity index is 1.13. The first kappa shape index (κ1) is 33.3. The molecule has 5 heterocycles. The zero-order valence-electron chi connectivity index (χ0n) is 32.2. The number of hydrogen-bond acceptors (Lipinski definition) is 4. The highest BCUT2D eigenvalue weighted by atomic mass is 35.5. The van der Waals surface area contributed by atoms with Crippen LogP contribution in [0.3, 0.4) is 0 Å². The third kappa shape index (κ3) is 4.60.